The second-order valence-electron chi connectivity index (χ2n) is 6.84. The van der Waals surface area contributed by atoms with Gasteiger partial charge in [-0.15, -0.1) is 0 Å². The number of nitrogens with zero attached hydrogens (tertiary/aromatic N) is 4. The third kappa shape index (κ3) is 4.27. The summed E-state index contributed by atoms with van der Waals surface area (Å²) in [5.41, 5.74) is 0.724. The summed E-state index contributed by atoms with van der Waals surface area (Å²) in [7, 11) is 3.61. The van der Waals surface area contributed by atoms with Crippen molar-refractivity contribution in [1.29, 1.82) is 0 Å². The highest BCUT2D eigenvalue weighted by molar-refractivity contribution is 5.75. The van der Waals surface area contributed by atoms with Gasteiger partial charge < -0.3 is 19.6 Å². The molecule has 1 fully saturated rings. The van der Waals surface area contributed by atoms with Gasteiger partial charge in [-0.25, -0.2) is 9.37 Å². The van der Waals surface area contributed by atoms with Crippen LogP contribution in [0.2, 0.25) is 0 Å². The SMILES string of the molecule is CC(C(=O)O)c1ccc(O[C@@H]2CCN(c3nc(N(C)C)ncc3F)C2)cc1. The average Bonchev–Trinajstić information content (AvgIpc) is 3.10. The Morgan fingerprint density at radius 3 is 2.70 bits per heavy atom. The van der Waals surface area contributed by atoms with Gasteiger partial charge in [0.05, 0.1) is 18.7 Å². The number of halogens is 1. The number of anilines is 2. The van der Waals surface area contributed by atoms with E-state index in [2.05, 4.69) is 9.97 Å². The number of carboxylic acid groups (broad SMARTS) is 1. The Morgan fingerprint density at radius 1 is 1.37 bits per heavy atom. The van der Waals surface area contributed by atoms with Crippen LogP contribution in [0.4, 0.5) is 16.2 Å². The summed E-state index contributed by atoms with van der Waals surface area (Å²) >= 11 is 0. The van der Waals surface area contributed by atoms with E-state index in [1.54, 1.807) is 36.1 Å². The molecule has 0 bridgehead atoms. The average molecular weight is 374 g/mol. The highest BCUT2D eigenvalue weighted by atomic mass is 19.1. The van der Waals surface area contributed by atoms with Gasteiger partial charge in [0.1, 0.15) is 11.9 Å². The summed E-state index contributed by atoms with van der Waals surface area (Å²) in [5, 5.41) is 9.07. The molecule has 0 aliphatic carbocycles. The topological polar surface area (TPSA) is 78.8 Å². The molecule has 0 amide bonds. The summed E-state index contributed by atoms with van der Waals surface area (Å²) in [6, 6.07) is 7.06. The molecule has 1 saturated heterocycles. The van der Waals surface area contributed by atoms with E-state index >= 15 is 0 Å². The molecule has 1 aliphatic heterocycles. The largest absolute Gasteiger partial charge is 0.489 e. The molecule has 1 unspecified atom stereocenters. The number of ether oxygens (including phenoxy) is 1. The standard InChI is InChI=1S/C19H23FN4O3/c1-12(18(25)26)13-4-6-14(7-5-13)27-15-8-9-24(11-15)17-16(20)10-21-19(22-17)23(2)3/h4-7,10,12,15H,8-9,11H2,1-3H3,(H,25,26)/t12?,15-/m1/s1. The van der Waals surface area contributed by atoms with Crippen LogP contribution in [0, 0.1) is 5.82 Å². The first kappa shape index (κ1) is 18.9. The van der Waals surface area contributed by atoms with Gasteiger partial charge in [-0.3, -0.25) is 4.79 Å². The van der Waals surface area contributed by atoms with E-state index in [4.69, 9.17) is 9.84 Å². The monoisotopic (exact) mass is 374 g/mol. The van der Waals surface area contributed by atoms with Crippen LogP contribution in [0.15, 0.2) is 30.5 Å². The summed E-state index contributed by atoms with van der Waals surface area (Å²) < 4.78 is 20.1. The van der Waals surface area contributed by atoms with Gasteiger partial charge >= 0.3 is 5.97 Å². The van der Waals surface area contributed by atoms with Crippen molar-refractivity contribution in [2.24, 2.45) is 0 Å². The fourth-order valence-electron chi connectivity index (χ4n) is 2.97. The van der Waals surface area contributed by atoms with E-state index in [9.17, 15) is 9.18 Å². The van der Waals surface area contributed by atoms with E-state index in [0.717, 1.165) is 12.0 Å². The maximum absolute atomic E-state index is 14.2. The van der Waals surface area contributed by atoms with Crippen LogP contribution in [-0.4, -0.2) is 54.3 Å². The molecule has 7 nitrogen and oxygen atoms in total. The van der Waals surface area contributed by atoms with Gasteiger partial charge in [0, 0.05) is 27.1 Å². The fraction of sp³-hybridized carbons (Fsp3) is 0.421. The molecule has 27 heavy (non-hydrogen) atoms. The predicted octanol–water partition coefficient (Wildman–Crippen LogP) is 2.53. The normalized spacial score (nSPS) is 17.6. The fourth-order valence-corrected chi connectivity index (χ4v) is 2.97. The number of carbonyl (C=O) groups is 1. The zero-order valence-corrected chi connectivity index (χ0v) is 15.6. The van der Waals surface area contributed by atoms with Crippen molar-refractivity contribution in [3.05, 3.63) is 41.8 Å². The van der Waals surface area contributed by atoms with Crippen LogP contribution in [0.5, 0.6) is 5.75 Å². The molecule has 2 heterocycles. The Hall–Kier alpha value is -2.90. The van der Waals surface area contributed by atoms with Crippen molar-refractivity contribution >= 4 is 17.7 Å². The van der Waals surface area contributed by atoms with Gasteiger partial charge in [-0.05, 0) is 24.6 Å². The van der Waals surface area contributed by atoms with E-state index in [1.165, 1.54) is 6.20 Å². The maximum atomic E-state index is 14.2. The second kappa shape index (κ2) is 7.77. The lowest BCUT2D eigenvalue weighted by Crippen LogP contribution is -2.27. The van der Waals surface area contributed by atoms with Crippen LogP contribution in [-0.2, 0) is 4.79 Å². The Morgan fingerprint density at radius 2 is 2.07 bits per heavy atom. The molecule has 8 heteroatoms. The van der Waals surface area contributed by atoms with Crippen molar-refractivity contribution in [2.45, 2.75) is 25.4 Å². The lowest BCUT2D eigenvalue weighted by Gasteiger charge is -2.20. The van der Waals surface area contributed by atoms with Gasteiger partial charge in [0.25, 0.3) is 0 Å². The van der Waals surface area contributed by atoms with Crippen molar-refractivity contribution in [3.63, 3.8) is 0 Å². The molecule has 144 valence electrons. The van der Waals surface area contributed by atoms with E-state index in [-0.39, 0.29) is 11.9 Å². The Bertz CT molecular complexity index is 813. The second-order valence-corrected chi connectivity index (χ2v) is 6.84. The molecule has 0 radical (unpaired) electrons. The molecule has 1 N–H and O–H groups in total. The lowest BCUT2D eigenvalue weighted by molar-refractivity contribution is -0.138. The van der Waals surface area contributed by atoms with Crippen LogP contribution < -0.4 is 14.5 Å². The van der Waals surface area contributed by atoms with Gasteiger partial charge in [0.2, 0.25) is 5.95 Å². The van der Waals surface area contributed by atoms with Crippen molar-refractivity contribution < 1.29 is 19.0 Å². The molecule has 0 saturated carbocycles. The van der Waals surface area contributed by atoms with Crippen molar-refractivity contribution in [2.75, 3.05) is 37.0 Å². The van der Waals surface area contributed by atoms with Crippen LogP contribution in [0.3, 0.4) is 0 Å². The number of aromatic nitrogens is 2. The van der Waals surface area contributed by atoms with Gasteiger partial charge in [0.15, 0.2) is 11.6 Å². The van der Waals surface area contributed by atoms with Crippen LogP contribution in [0.1, 0.15) is 24.8 Å². The number of hydrogen-bond acceptors (Lipinski definition) is 6. The molecule has 2 aromatic rings. The zero-order valence-electron chi connectivity index (χ0n) is 15.6. The first-order valence-electron chi connectivity index (χ1n) is 8.79. The minimum absolute atomic E-state index is 0.0927. The summed E-state index contributed by atoms with van der Waals surface area (Å²) in [6.07, 6.45) is 1.84. The van der Waals surface area contributed by atoms with Crippen LogP contribution in [0.25, 0.3) is 0 Å². The third-order valence-electron chi connectivity index (χ3n) is 4.61. The smallest absolute Gasteiger partial charge is 0.310 e. The highest BCUT2D eigenvalue weighted by Crippen LogP contribution is 2.26. The van der Waals surface area contributed by atoms with Crippen molar-refractivity contribution in [1.82, 2.24) is 9.97 Å². The minimum Gasteiger partial charge on any atom is -0.489 e. The Kier molecular flexibility index (Phi) is 5.43. The summed E-state index contributed by atoms with van der Waals surface area (Å²) in [5.74, 6) is -0.468. The predicted molar refractivity (Wildman–Crippen MR) is 100 cm³/mol. The first-order valence-corrected chi connectivity index (χ1v) is 8.79. The zero-order chi connectivity index (χ0) is 19.6. The van der Waals surface area contributed by atoms with E-state index < -0.39 is 17.7 Å². The van der Waals surface area contributed by atoms with Gasteiger partial charge in [-0.1, -0.05) is 12.1 Å². The minimum atomic E-state index is -0.862. The molecule has 1 aromatic heterocycles. The quantitative estimate of drug-likeness (QED) is 0.832. The van der Waals surface area contributed by atoms with E-state index in [1.807, 2.05) is 19.0 Å². The van der Waals surface area contributed by atoms with Crippen LogP contribution >= 0.6 is 0 Å². The molecule has 2 atom stereocenters. The molecular weight excluding hydrogens is 351 g/mol. The van der Waals surface area contributed by atoms with Crippen molar-refractivity contribution in [3.8, 4) is 5.75 Å². The van der Waals surface area contributed by atoms with Gasteiger partial charge in [-0.2, -0.15) is 4.98 Å². The summed E-state index contributed by atoms with van der Waals surface area (Å²) in [4.78, 5) is 22.9. The number of hydrogen-bond donors (Lipinski definition) is 1. The number of rotatable bonds is 6. The first-order chi connectivity index (χ1) is 12.8. The molecule has 3 rings (SSSR count). The molecule has 1 aromatic carbocycles. The number of carboxylic acids is 1. The molecular formula is C19H23FN4O3. The highest BCUT2D eigenvalue weighted by Gasteiger charge is 2.27. The summed E-state index contributed by atoms with van der Waals surface area (Å²) in [6.45, 7) is 2.80. The molecule has 1 aliphatic rings. The molecule has 0 spiro atoms. The lowest BCUT2D eigenvalue weighted by atomic mass is 10.0. The Labute approximate surface area is 157 Å². The number of aliphatic carboxylic acids is 1. The maximum Gasteiger partial charge on any atom is 0.310 e. The number of benzene rings is 1. The Balaban J connectivity index is 1.65. The van der Waals surface area contributed by atoms with E-state index in [0.29, 0.717) is 24.8 Å². The third-order valence-corrected chi connectivity index (χ3v) is 4.61.